The van der Waals surface area contributed by atoms with Gasteiger partial charge < -0.3 is 0 Å². The Hall–Kier alpha value is 1.08. The van der Waals surface area contributed by atoms with E-state index in [0.29, 0.717) is 0 Å². The van der Waals surface area contributed by atoms with Gasteiger partial charge in [-0.25, -0.2) is 0 Å². The summed E-state index contributed by atoms with van der Waals surface area (Å²) in [6.45, 7) is 0. The van der Waals surface area contributed by atoms with Crippen LogP contribution in [0.4, 0.5) is 0 Å². The van der Waals surface area contributed by atoms with Crippen LogP contribution in [0.2, 0.25) is 0 Å². The molecule has 0 nitrogen and oxygen atoms in total. The summed E-state index contributed by atoms with van der Waals surface area (Å²) in [7, 11) is 0. The molecule has 0 aliphatic rings. The van der Waals surface area contributed by atoms with Crippen molar-refractivity contribution in [3.63, 3.8) is 0 Å². The first kappa shape index (κ1) is 12.1. The Labute approximate surface area is 90.1 Å². The number of halogens is 1. The van der Waals surface area contributed by atoms with Crippen LogP contribution in [0.5, 0.6) is 0 Å². The van der Waals surface area contributed by atoms with Crippen molar-refractivity contribution < 1.29 is 0 Å². The van der Waals surface area contributed by atoms with E-state index >= 15 is 0 Å². The molecule has 0 spiro atoms. The zero-order chi connectivity index (χ0) is 8.36. The van der Waals surface area contributed by atoms with Gasteiger partial charge in [0.25, 0.3) is 0 Å². The third kappa shape index (κ3) is 11.1. The average molecular weight is 286 g/mol. The van der Waals surface area contributed by atoms with Gasteiger partial charge in [0.1, 0.15) is 0 Å². The molecule has 0 aromatic carbocycles. The SMILES string of the molecule is SCCCCCCCCCI. The van der Waals surface area contributed by atoms with Gasteiger partial charge in [-0.3, -0.25) is 0 Å². The normalized spacial score (nSPS) is 10.4. The van der Waals surface area contributed by atoms with Gasteiger partial charge in [-0.1, -0.05) is 54.7 Å². The second-order valence-electron chi connectivity index (χ2n) is 2.89. The van der Waals surface area contributed by atoms with Gasteiger partial charge in [0.2, 0.25) is 0 Å². The highest BCUT2D eigenvalue weighted by Gasteiger charge is 1.89. The highest BCUT2D eigenvalue weighted by Crippen LogP contribution is 2.08. The van der Waals surface area contributed by atoms with Gasteiger partial charge in [0.05, 0.1) is 0 Å². The first-order chi connectivity index (χ1) is 5.41. The van der Waals surface area contributed by atoms with Crippen LogP contribution < -0.4 is 0 Å². The largest absolute Gasteiger partial charge is 0.179 e. The van der Waals surface area contributed by atoms with Gasteiger partial charge >= 0.3 is 0 Å². The molecule has 0 aromatic rings. The minimum Gasteiger partial charge on any atom is -0.179 e. The van der Waals surface area contributed by atoms with Crippen molar-refractivity contribution >= 4 is 35.2 Å². The fourth-order valence-corrected chi connectivity index (χ4v) is 1.85. The molecule has 0 heterocycles. The maximum Gasteiger partial charge on any atom is -0.000473 e. The molecular weight excluding hydrogens is 267 g/mol. The second kappa shape index (κ2) is 11.1. The molecule has 0 saturated heterocycles. The number of alkyl halides is 1. The van der Waals surface area contributed by atoms with Crippen molar-refractivity contribution in [2.75, 3.05) is 10.2 Å². The van der Waals surface area contributed by atoms with E-state index in [1.807, 2.05) is 0 Å². The summed E-state index contributed by atoms with van der Waals surface area (Å²) in [5.41, 5.74) is 0. The van der Waals surface area contributed by atoms with Gasteiger partial charge in [-0.2, -0.15) is 12.6 Å². The van der Waals surface area contributed by atoms with Crippen LogP contribution in [0, 0.1) is 0 Å². The molecule has 0 fully saturated rings. The van der Waals surface area contributed by atoms with Crippen molar-refractivity contribution in [1.29, 1.82) is 0 Å². The van der Waals surface area contributed by atoms with Crippen LogP contribution in [0.1, 0.15) is 44.9 Å². The minimum absolute atomic E-state index is 1.06. The molecule has 0 rings (SSSR count). The molecule has 0 N–H and O–H groups in total. The topological polar surface area (TPSA) is 0 Å². The summed E-state index contributed by atoms with van der Waals surface area (Å²) in [4.78, 5) is 0. The van der Waals surface area contributed by atoms with E-state index in [2.05, 4.69) is 35.2 Å². The summed E-state index contributed by atoms with van der Waals surface area (Å²) < 4.78 is 1.33. The third-order valence-corrected chi connectivity index (χ3v) is 2.87. The lowest BCUT2D eigenvalue weighted by Crippen LogP contribution is -1.81. The molecule has 0 aliphatic heterocycles. The van der Waals surface area contributed by atoms with Crippen LogP contribution in [-0.2, 0) is 0 Å². The predicted octanol–water partition coefficient (Wildman–Crippen LogP) is 4.08. The quantitative estimate of drug-likeness (QED) is 0.295. The maximum absolute atomic E-state index is 4.18. The van der Waals surface area contributed by atoms with Crippen molar-refractivity contribution in [3.8, 4) is 0 Å². The molecule has 11 heavy (non-hydrogen) atoms. The maximum atomic E-state index is 4.18. The highest BCUT2D eigenvalue weighted by atomic mass is 127. The monoisotopic (exact) mass is 286 g/mol. The fraction of sp³-hybridized carbons (Fsp3) is 1.00. The number of thiol groups is 1. The molecular formula is C9H19IS. The van der Waals surface area contributed by atoms with Gasteiger partial charge in [-0.05, 0) is 23.0 Å². The van der Waals surface area contributed by atoms with Crippen LogP contribution in [0.15, 0.2) is 0 Å². The Morgan fingerprint density at radius 3 is 1.64 bits per heavy atom. The van der Waals surface area contributed by atoms with E-state index in [1.165, 1.54) is 49.4 Å². The van der Waals surface area contributed by atoms with Crippen LogP contribution in [0.25, 0.3) is 0 Å². The predicted molar refractivity (Wildman–Crippen MR) is 65.1 cm³/mol. The number of hydrogen-bond donors (Lipinski definition) is 1. The minimum atomic E-state index is 1.06. The molecule has 0 atom stereocenters. The summed E-state index contributed by atoms with van der Waals surface area (Å²) >= 11 is 6.63. The van der Waals surface area contributed by atoms with Crippen molar-refractivity contribution in [2.24, 2.45) is 0 Å². The number of rotatable bonds is 8. The zero-order valence-electron chi connectivity index (χ0n) is 7.19. The summed E-state index contributed by atoms with van der Waals surface area (Å²) in [5.74, 6) is 1.06. The van der Waals surface area contributed by atoms with E-state index in [9.17, 15) is 0 Å². The Kier molecular flexibility index (Phi) is 12.2. The van der Waals surface area contributed by atoms with Gasteiger partial charge in [0.15, 0.2) is 0 Å². The molecule has 0 saturated carbocycles. The fourth-order valence-electron chi connectivity index (χ4n) is 1.09. The van der Waals surface area contributed by atoms with Crippen molar-refractivity contribution in [2.45, 2.75) is 44.9 Å². The van der Waals surface area contributed by atoms with Crippen LogP contribution in [-0.4, -0.2) is 10.2 Å². The molecule has 0 radical (unpaired) electrons. The molecule has 68 valence electrons. The Balaban J connectivity index is 2.69. The van der Waals surface area contributed by atoms with Crippen LogP contribution >= 0.6 is 35.2 Å². The number of unbranched alkanes of at least 4 members (excludes halogenated alkanes) is 6. The van der Waals surface area contributed by atoms with E-state index in [0.717, 1.165) is 5.75 Å². The molecule has 0 unspecified atom stereocenters. The average Bonchev–Trinajstić information content (AvgIpc) is 2.03. The first-order valence-electron chi connectivity index (χ1n) is 4.58. The zero-order valence-corrected chi connectivity index (χ0v) is 10.2. The smallest absolute Gasteiger partial charge is 0.000473 e. The Morgan fingerprint density at radius 1 is 0.727 bits per heavy atom. The highest BCUT2D eigenvalue weighted by molar-refractivity contribution is 14.1. The Morgan fingerprint density at radius 2 is 1.18 bits per heavy atom. The summed E-state index contributed by atoms with van der Waals surface area (Å²) in [5, 5.41) is 0. The summed E-state index contributed by atoms with van der Waals surface area (Å²) in [6, 6.07) is 0. The van der Waals surface area contributed by atoms with Crippen molar-refractivity contribution in [3.05, 3.63) is 0 Å². The molecule has 2 heteroatoms. The van der Waals surface area contributed by atoms with E-state index in [1.54, 1.807) is 0 Å². The van der Waals surface area contributed by atoms with Crippen LogP contribution in [0.3, 0.4) is 0 Å². The lowest BCUT2D eigenvalue weighted by Gasteiger charge is -1.98. The lowest BCUT2D eigenvalue weighted by molar-refractivity contribution is 0.607. The third-order valence-electron chi connectivity index (χ3n) is 1.79. The Bertz CT molecular complexity index is 58.6. The second-order valence-corrected chi connectivity index (χ2v) is 4.41. The lowest BCUT2D eigenvalue weighted by atomic mass is 10.1. The van der Waals surface area contributed by atoms with E-state index in [-0.39, 0.29) is 0 Å². The molecule has 0 aromatic heterocycles. The van der Waals surface area contributed by atoms with E-state index in [4.69, 9.17) is 0 Å². The van der Waals surface area contributed by atoms with E-state index < -0.39 is 0 Å². The summed E-state index contributed by atoms with van der Waals surface area (Å²) in [6.07, 6.45) is 9.82. The molecule has 0 bridgehead atoms. The van der Waals surface area contributed by atoms with Gasteiger partial charge in [0, 0.05) is 0 Å². The first-order valence-corrected chi connectivity index (χ1v) is 6.74. The number of hydrogen-bond acceptors (Lipinski definition) is 1. The standard InChI is InChI=1S/C9H19IS/c10-8-6-4-2-1-3-5-7-9-11/h11H,1-9H2. The van der Waals surface area contributed by atoms with Crippen molar-refractivity contribution in [1.82, 2.24) is 0 Å². The molecule has 0 amide bonds. The van der Waals surface area contributed by atoms with Gasteiger partial charge in [-0.15, -0.1) is 0 Å². The molecule has 0 aliphatic carbocycles.